The van der Waals surface area contributed by atoms with Crippen LogP contribution in [0.15, 0.2) is 54.6 Å². The van der Waals surface area contributed by atoms with E-state index in [1.807, 2.05) is 19.9 Å². The van der Waals surface area contributed by atoms with Crippen LogP contribution in [0.2, 0.25) is 0 Å². The van der Waals surface area contributed by atoms with E-state index in [2.05, 4.69) is 10.6 Å². The van der Waals surface area contributed by atoms with Crippen LogP contribution in [0.25, 0.3) is 0 Å². The monoisotopic (exact) mass is 523 g/mol. The van der Waals surface area contributed by atoms with Gasteiger partial charge in [0.2, 0.25) is 5.91 Å². The molecule has 1 unspecified atom stereocenters. The number of carbonyl (C=O) groups is 5. The van der Waals surface area contributed by atoms with Crippen LogP contribution in [0.3, 0.4) is 0 Å². The highest BCUT2D eigenvalue weighted by Gasteiger charge is 2.40. The number of hydrogen-bond donors (Lipinski definition) is 2. The molecule has 4 amide bonds. The molecule has 0 fully saturated rings. The van der Waals surface area contributed by atoms with Crippen LogP contribution in [0.4, 0.5) is 4.79 Å². The van der Waals surface area contributed by atoms with Crippen molar-refractivity contribution in [2.24, 2.45) is 5.92 Å². The van der Waals surface area contributed by atoms with E-state index in [0.29, 0.717) is 5.06 Å². The minimum atomic E-state index is -1.19. The number of imide groups is 1. The molecular formula is C28H33N3O7. The fraction of sp³-hybridized carbons (Fsp3) is 0.393. The van der Waals surface area contributed by atoms with Crippen molar-refractivity contribution >= 4 is 29.8 Å². The summed E-state index contributed by atoms with van der Waals surface area (Å²) >= 11 is 0. The van der Waals surface area contributed by atoms with Crippen molar-refractivity contribution in [2.75, 3.05) is 0 Å². The van der Waals surface area contributed by atoms with Crippen molar-refractivity contribution in [1.29, 1.82) is 0 Å². The summed E-state index contributed by atoms with van der Waals surface area (Å²) in [6, 6.07) is 12.9. The first-order valence-corrected chi connectivity index (χ1v) is 12.4. The molecule has 1 heterocycles. The maximum Gasteiger partial charge on any atom is 0.408 e. The first-order valence-electron chi connectivity index (χ1n) is 12.4. The number of hydroxylamine groups is 2. The molecule has 1 aliphatic rings. The lowest BCUT2D eigenvalue weighted by molar-refractivity contribution is -0.172. The fourth-order valence-electron chi connectivity index (χ4n) is 3.87. The van der Waals surface area contributed by atoms with Gasteiger partial charge in [-0.25, -0.2) is 9.59 Å². The number of ether oxygens (including phenoxy) is 1. The summed E-state index contributed by atoms with van der Waals surface area (Å²) in [6.45, 7) is 8.79. The van der Waals surface area contributed by atoms with Gasteiger partial charge in [0.15, 0.2) is 0 Å². The summed E-state index contributed by atoms with van der Waals surface area (Å²) in [5, 5.41) is 5.61. The van der Waals surface area contributed by atoms with Crippen molar-refractivity contribution in [3.63, 3.8) is 0 Å². The Kier molecular flexibility index (Phi) is 8.88. The third-order valence-corrected chi connectivity index (χ3v) is 5.54. The van der Waals surface area contributed by atoms with Gasteiger partial charge in [0, 0.05) is 6.42 Å². The van der Waals surface area contributed by atoms with Crippen LogP contribution in [0.5, 0.6) is 0 Å². The van der Waals surface area contributed by atoms with E-state index in [0.717, 1.165) is 5.56 Å². The second kappa shape index (κ2) is 11.9. The molecule has 2 N–H and O–H groups in total. The second-order valence-corrected chi connectivity index (χ2v) is 10.4. The van der Waals surface area contributed by atoms with Crippen LogP contribution < -0.4 is 10.6 Å². The second-order valence-electron chi connectivity index (χ2n) is 10.4. The smallest absolute Gasteiger partial charge is 0.408 e. The molecule has 1 aliphatic heterocycles. The lowest BCUT2D eigenvalue weighted by Crippen LogP contribution is -2.54. The Labute approximate surface area is 221 Å². The zero-order valence-electron chi connectivity index (χ0n) is 22.1. The standard InChI is InChI=1S/C28H33N3O7/c1-17(2)15-22(26(35)38-31-24(33)19-13-9-10-14-20(19)25(31)34)29-23(32)21(16-18-11-7-6-8-12-18)30-27(36)37-28(3,4)5/h6-14,17,21-22H,15-16H2,1-5H3,(H,29,32)(H,30,36)/t21-,22?/m0/s1. The average Bonchev–Trinajstić information content (AvgIpc) is 3.07. The molecule has 0 saturated heterocycles. The summed E-state index contributed by atoms with van der Waals surface area (Å²) in [6.07, 6.45) is -0.492. The van der Waals surface area contributed by atoms with Crippen molar-refractivity contribution in [3.8, 4) is 0 Å². The van der Waals surface area contributed by atoms with Gasteiger partial charge < -0.3 is 20.2 Å². The largest absolute Gasteiger partial charge is 0.444 e. The quantitative estimate of drug-likeness (QED) is 0.482. The van der Waals surface area contributed by atoms with Gasteiger partial charge in [0.1, 0.15) is 17.7 Å². The summed E-state index contributed by atoms with van der Waals surface area (Å²) in [5.41, 5.74) is 0.241. The molecule has 0 saturated carbocycles. The summed E-state index contributed by atoms with van der Waals surface area (Å²) in [5.74, 6) is -3.20. The van der Waals surface area contributed by atoms with E-state index in [1.165, 1.54) is 12.1 Å². The van der Waals surface area contributed by atoms with Gasteiger partial charge in [0.25, 0.3) is 11.8 Å². The topological polar surface area (TPSA) is 131 Å². The van der Waals surface area contributed by atoms with Crippen LogP contribution in [-0.2, 0) is 25.6 Å². The van der Waals surface area contributed by atoms with Crippen molar-refractivity contribution < 1.29 is 33.5 Å². The summed E-state index contributed by atoms with van der Waals surface area (Å²) < 4.78 is 5.31. The van der Waals surface area contributed by atoms with Crippen LogP contribution in [-0.4, -0.2) is 52.5 Å². The molecule has 0 aliphatic carbocycles. The number of amides is 4. The normalized spacial score (nSPS) is 14.5. The molecule has 2 aromatic rings. The van der Waals surface area contributed by atoms with E-state index in [4.69, 9.17) is 9.57 Å². The van der Waals surface area contributed by atoms with Crippen molar-refractivity contribution in [1.82, 2.24) is 15.7 Å². The van der Waals surface area contributed by atoms with Crippen LogP contribution in [0, 0.1) is 5.92 Å². The van der Waals surface area contributed by atoms with Gasteiger partial charge in [-0.3, -0.25) is 14.4 Å². The van der Waals surface area contributed by atoms with E-state index in [1.54, 1.807) is 57.2 Å². The molecule has 0 radical (unpaired) electrons. The Bertz CT molecular complexity index is 1170. The molecule has 2 aromatic carbocycles. The predicted octanol–water partition coefficient (Wildman–Crippen LogP) is 3.41. The highest BCUT2D eigenvalue weighted by atomic mass is 16.7. The number of alkyl carbamates (subject to hydrolysis) is 1. The van der Waals surface area contributed by atoms with E-state index in [-0.39, 0.29) is 29.9 Å². The Morgan fingerprint density at radius 2 is 1.39 bits per heavy atom. The number of hydrogen-bond acceptors (Lipinski definition) is 7. The Morgan fingerprint density at radius 1 is 0.842 bits per heavy atom. The first kappa shape index (κ1) is 28.4. The lowest BCUT2D eigenvalue weighted by atomic mass is 10.0. The zero-order chi connectivity index (χ0) is 28.0. The number of nitrogens with one attached hydrogen (secondary N) is 2. The van der Waals surface area contributed by atoms with Gasteiger partial charge in [0.05, 0.1) is 11.1 Å². The highest BCUT2D eigenvalue weighted by Crippen LogP contribution is 2.23. The molecule has 38 heavy (non-hydrogen) atoms. The molecule has 2 atom stereocenters. The average molecular weight is 524 g/mol. The third kappa shape index (κ3) is 7.41. The van der Waals surface area contributed by atoms with Crippen molar-refractivity contribution in [3.05, 3.63) is 71.3 Å². The molecule has 3 rings (SSSR count). The maximum absolute atomic E-state index is 13.4. The first-order chi connectivity index (χ1) is 17.9. The van der Waals surface area contributed by atoms with E-state index >= 15 is 0 Å². The molecule has 10 nitrogen and oxygen atoms in total. The third-order valence-electron chi connectivity index (χ3n) is 5.54. The van der Waals surface area contributed by atoms with E-state index in [9.17, 15) is 24.0 Å². The zero-order valence-corrected chi connectivity index (χ0v) is 22.1. The van der Waals surface area contributed by atoms with Crippen LogP contribution >= 0.6 is 0 Å². The van der Waals surface area contributed by atoms with Crippen LogP contribution in [0.1, 0.15) is 67.3 Å². The maximum atomic E-state index is 13.4. The number of fused-ring (bicyclic) bond motifs is 1. The Morgan fingerprint density at radius 3 is 1.92 bits per heavy atom. The fourth-order valence-corrected chi connectivity index (χ4v) is 3.87. The van der Waals surface area contributed by atoms with E-state index < -0.39 is 47.5 Å². The molecule has 0 bridgehead atoms. The Hall–Kier alpha value is -4.21. The number of carbonyl (C=O) groups excluding carboxylic acids is 5. The Balaban J connectivity index is 1.77. The summed E-state index contributed by atoms with van der Waals surface area (Å²) in [7, 11) is 0. The SMILES string of the molecule is CC(C)CC(NC(=O)[C@H](Cc1ccccc1)NC(=O)OC(C)(C)C)C(=O)ON1C(=O)c2ccccc2C1=O. The number of nitrogens with zero attached hydrogens (tertiary/aromatic N) is 1. The van der Waals surface area contributed by atoms with Gasteiger partial charge in [-0.1, -0.05) is 61.4 Å². The van der Waals surface area contributed by atoms with Gasteiger partial charge >= 0.3 is 12.1 Å². The number of benzene rings is 2. The molecule has 10 heteroatoms. The van der Waals surface area contributed by atoms with Gasteiger partial charge in [-0.15, -0.1) is 0 Å². The molecule has 0 spiro atoms. The highest BCUT2D eigenvalue weighted by molar-refractivity contribution is 6.21. The lowest BCUT2D eigenvalue weighted by Gasteiger charge is -2.26. The number of rotatable bonds is 9. The van der Waals surface area contributed by atoms with Gasteiger partial charge in [-0.2, -0.15) is 0 Å². The predicted molar refractivity (Wildman–Crippen MR) is 138 cm³/mol. The minimum absolute atomic E-state index is 0.0542. The van der Waals surface area contributed by atoms with Gasteiger partial charge in [-0.05, 0) is 50.8 Å². The summed E-state index contributed by atoms with van der Waals surface area (Å²) in [4.78, 5) is 69.4. The molecular weight excluding hydrogens is 490 g/mol. The van der Waals surface area contributed by atoms with Crippen molar-refractivity contribution in [2.45, 2.75) is 65.1 Å². The minimum Gasteiger partial charge on any atom is -0.444 e. The molecule has 0 aromatic heterocycles. The molecule has 202 valence electrons.